The van der Waals surface area contributed by atoms with Crippen molar-refractivity contribution >= 4 is 0 Å². The van der Waals surface area contributed by atoms with Gasteiger partial charge in [-0.1, -0.05) is 67.5 Å². The first kappa shape index (κ1) is 49.3. The lowest BCUT2D eigenvalue weighted by Gasteiger charge is -2.75. The van der Waals surface area contributed by atoms with E-state index in [2.05, 4.69) is 65.6 Å². The lowest BCUT2D eigenvalue weighted by atomic mass is 9.33. The van der Waals surface area contributed by atoms with Crippen molar-refractivity contribution in [3.63, 3.8) is 0 Å². The number of quaternary nitrogens is 1. The van der Waals surface area contributed by atoms with E-state index >= 15 is 0 Å². The second-order valence-electron chi connectivity index (χ2n) is 28.5. The summed E-state index contributed by atoms with van der Waals surface area (Å²) in [7, 11) is 6.20. The number of phenols is 2. The molecule has 14 aliphatic rings. The maximum absolute atomic E-state index is 12.3. The lowest BCUT2D eigenvalue weighted by molar-refractivity contribution is -0.952. The Morgan fingerprint density at radius 1 is 0.648 bits per heavy atom. The van der Waals surface area contributed by atoms with Crippen LogP contribution in [-0.2, 0) is 33.1 Å². The third-order valence-corrected chi connectivity index (χ3v) is 24.4. The van der Waals surface area contributed by atoms with Crippen LogP contribution in [0, 0.1) is 45.3 Å². The fourth-order valence-electron chi connectivity index (χ4n) is 19.9. The monoisotopic (exact) mass is 980 g/mol. The van der Waals surface area contributed by atoms with Gasteiger partial charge in [0.25, 0.3) is 0 Å². The first-order valence-electron chi connectivity index (χ1n) is 28.6. The topological polar surface area (TPSA) is 121 Å². The normalized spacial score (nSPS) is 44.1. The Morgan fingerprint density at radius 3 is 1.62 bits per heavy atom. The number of aromatic hydroxyl groups is 2. The number of likely N-dealkylation sites (N-methyl/N-ethyl adjacent to an activating group) is 1. The van der Waals surface area contributed by atoms with Crippen LogP contribution in [0.3, 0.4) is 0 Å². The van der Waals surface area contributed by atoms with Crippen LogP contribution in [0.4, 0.5) is 0 Å². The molecule has 8 saturated carbocycles. The molecule has 2 aromatic carbocycles. The van der Waals surface area contributed by atoms with Crippen LogP contribution in [0.15, 0.2) is 24.3 Å². The zero-order valence-corrected chi connectivity index (χ0v) is 46.0. The minimum atomic E-state index is -0.910. The molecule has 16 rings (SSSR count). The average Bonchev–Trinajstić information content (AvgIpc) is 4.26. The Kier molecular flexibility index (Phi) is 10.5. The number of ether oxygens (including phenoxy) is 4. The van der Waals surface area contributed by atoms with Crippen LogP contribution in [-0.4, -0.2) is 124 Å². The molecule has 4 aliphatic heterocycles. The maximum Gasteiger partial charge on any atom is 0.165 e. The number of hydrogen-bond acceptors (Lipinski definition) is 9. The van der Waals surface area contributed by atoms with E-state index in [-0.39, 0.29) is 68.0 Å². The van der Waals surface area contributed by atoms with Gasteiger partial charge in [-0.15, -0.1) is 0 Å². The van der Waals surface area contributed by atoms with E-state index in [1.165, 1.54) is 61.0 Å². The van der Waals surface area contributed by atoms with E-state index in [0.717, 1.165) is 93.6 Å². The smallest absolute Gasteiger partial charge is 0.165 e. The zero-order valence-electron chi connectivity index (χ0n) is 46.0. The predicted octanol–water partition coefficient (Wildman–Crippen LogP) is 10.00. The Labute approximate surface area is 426 Å². The molecule has 4 heterocycles. The summed E-state index contributed by atoms with van der Waals surface area (Å²) >= 11 is 0. The highest BCUT2D eigenvalue weighted by Gasteiger charge is 2.86. The summed E-state index contributed by atoms with van der Waals surface area (Å²) in [4.78, 5) is 2.82. The van der Waals surface area contributed by atoms with E-state index in [1.807, 2.05) is 54.0 Å². The van der Waals surface area contributed by atoms with Crippen LogP contribution < -0.4 is 9.47 Å². The first-order chi connectivity index (χ1) is 33.4. The number of benzene rings is 2. The molecule has 0 amide bonds. The molecule has 4 spiro atoms. The molecule has 0 aromatic heterocycles. The van der Waals surface area contributed by atoms with Gasteiger partial charge in [-0.3, -0.25) is 4.90 Å². The number of hydrogen-bond donors (Lipinski definition) is 4. The molecule has 15 atom stereocenters. The van der Waals surface area contributed by atoms with Crippen LogP contribution in [0.25, 0.3) is 0 Å². The summed E-state index contributed by atoms with van der Waals surface area (Å²) in [5.41, 5.74) is 1.60. The van der Waals surface area contributed by atoms with Gasteiger partial charge in [0.1, 0.15) is 23.4 Å². The van der Waals surface area contributed by atoms with Crippen LogP contribution in [0.1, 0.15) is 169 Å². The molecule has 10 fully saturated rings. The second kappa shape index (κ2) is 15.1. The molecular weight excluding hydrogens is 889 g/mol. The van der Waals surface area contributed by atoms with Gasteiger partial charge in [0, 0.05) is 84.8 Å². The molecule has 10 aliphatic carbocycles. The highest BCUT2D eigenvalue weighted by molar-refractivity contribution is 5.65. The Hall–Kier alpha value is -2.60. The standard InChI is InChI=1S/C30H43NO4.C29H41NO4.C2H6/c1-26(2,3)27(4,33)21-16-28-11-12-30(21,34-6)25-29(28)13-14-31(5,17-18-7-8-18)22(28)15-19-9-10-20(32)24(35-25)23(19)29;1-25(2,3)26(4,32)20-15-27-10-11-29(20,33-5)24-28(27)12-13-30(16-17-6-7-17)21(27)14-18-8-9-19(31)23(34-24)22(18)28;1-2/h9-10,18,21-22,25,33H,7-8,11-17H2,1-6H3;8-9,17,20-21,24,31-32H,6-7,10-16H2,1-5H3;1-2H3/p+1/t21?,22-,25?,27+,28?,29+,30+,31?;20?,21-,24?,26+,27?,28+,29+;/m11./s1. The van der Waals surface area contributed by atoms with Crippen molar-refractivity contribution in [2.75, 3.05) is 47.4 Å². The van der Waals surface area contributed by atoms with Crippen LogP contribution in [0.5, 0.6) is 23.0 Å². The van der Waals surface area contributed by atoms with Crippen molar-refractivity contribution < 1.29 is 43.9 Å². The number of aliphatic hydroxyl groups is 2. The molecule has 10 nitrogen and oxygen atoms in total. The van der Waals surface area contributed by atoms with Gasteiger partial charge < -0.3 is 43.9 Å². The minimum absolute atomic E-state index is 0.0279. The molecule has 4 N–H and O–H groups in total. The number of fused-ring (bicyclic) bond motifs is 4. The van der Waals surface area contributed by atoms with Gasteiger partial charge in [-0.2, -0.15) is 0 Å². The Balaban J connectivity index is 0.000000141. The summed E-state index contributed by atoms with van der Waals surface area (Å²) in [6.45, 7) is 25.8. The molecule has 7 unspecified atom stereocenters. The first-order valence-corrected chi connectivity index (χ1v) is 28.6. The largest absolute Gasteiger partial charge is 0.504 e. The van der Waals surface area contributed by atoms with Crippen molar-refractivity contribution in [1.82, 2.24) is 4.90 Å². The van der Waals surface area contributed by atoms with Gasteiger partial charge in [-0.25, -0.2) is 0 Å². The third-order valence-electron chi connectivity index (χ3n) is 24.4. The molecule has 8 bridgehead atoms. The number of piperidine rings is 2. The number of rotatable bonds is 8. The number of nitrogens with zero attached hydrogens (tertiary/aromatic N) is 2. The van der Waals surface area contributed by atoms with E-state index in [1.54, 1.807) is 0 Å². The van der Waals surface area contributed by atoms with Gasteiger partial charge in [0.15, 0.2) is 23.0 Å². The average molecular weight is 980 g/mol. The fourth-order valence-corrected chi connectivity index (χ4v) is 19.9. The maximum atomic E-state index is 12.3. The number of likely N-dealkylation sites (tertiary alicyclic amines) is 2. The zero-order chi connectivity index (χ0) is 50.7. The van der Waals surface area contributed by atoms with Crippen molar-refractivity contribution in [3.8, 4) is 23.0 Å². The van der Waals surface area contributed by atoms with E-state index in [9.17, 15) is 20.4 Å². The summed E-state index contributed by atoms with van der Waals surface area (Å²) in [6, 6.07) is 9.01. The van der Waals surface area contributed by atoms with Gasteiger partial charge in [0.05, 0.1) is 42.8 Å². The molecule has 2 aromatic rings. The predicted molar refractivity (Wildman–Crippen MR) is 276 cm³/mol. The molecule has 0 radical (unpaired) electrons. The van der Waals surface area contributed by atoms with Crippen molar-refractivity contribution in [2.24, 2.45) is 45.3 Å². The minimum Gasteiger partial charge on any atom is -0.504 e. The van der Waals surface area contributed by atoms with E-state index in [0.29, 0.717) is 23.6 Å². The number of phenolic OH excluding ortho intramolecular Hbond substituents is 2. The van der Waals surface area contributed by atoms with Crippen LogP contribution in [0.2, 0.25) is 0 Å². The third kappa shape index (κ3) is 5.78. The van der Waals surface area contributed by atoms with Gasteiger partial charge in [0.2, 0.25) is 0 Å². The summed E-state index contributed by atoms with van der Waals surface area (Å²) in [5, 5.41) is 46.4. The van der Waals surface area contributed by atoms with Gasteiger partial charge >= 0.3 is 0 Å². The molecule has 10 heteroatoms. The fraction of sp³-hybridized carbons (Fsp3) is 0.803. The highest BCUT2D eigenvalue weighted by atomic mass is 16.6. The summed E-state index contributed by atoms with van der Waals surface area (Å²) in [5.74, 6) is 3.63. The van der Waals surface area contributed by atoms with Crippen LogP contribution >= 0.6 is 0 Å². The Bertz CT molecular complexity index is 2500. The molecule has 392 valence electrons. The summed E-state index contributed by atoms with van der Waals surface area (Å²) < 4.78 is 28.1. The van der Waals surface area contributed by atoms with Crippen molar-refractivity contribution in [1.29, 1.82) is 0 Å². The van der Waals surface area contributed by atoms with Crippen molar-refractivity contribution in [2.45, 2.75) is 217 Å². The Morgan fingerprint density at radius 2 is 1.13 bits per heavy atom. The highest BCUT2D eigenvalue weighted by Crippen LogP contribution is 2.80. The van der Waals surface area contributed by atoms with E-state index < -0.39 is 22.4 Å². The lowest BCUT2D eigenvalue weighted by Crippen LogP contribution is -2.85. The second-order valence-corrected chi connectivity index (χ2v) is 28.5. The summed E-state index contributed by atoms with van der Waals surface area (Å²) in [6.07, 6.45) is 15.4. The van der Waals surface area contributed by atoms with Crippen molar-refractivity contribution in [3.05, 3.63) is 46.5 Å². The van der Waals surface area contributed by atoms with Gasteiger partial charge in [-0.05, 0) is 137 Å². The molecule has 71 heavy (non-hydrogen) atoms. The molecular formula is C61H91N2O8+. The quantitative estimate of drug-likeness (QED) is 0.192. The SMILES string of the molecule is CC.CO[C@@]12CCC3(CC1[C@](C)(O)C(C)(C)C)[C@H]1Cc4ccc(O)c5c4[C@@]3(CCN1CC1CC1)C2O5.CO[C@@]12CCC3(CC1[C@](C)(O)C(C)(C)C)[C@H]1Cc4ccc(O)c5c4[C@@]3(CC[N+]1(C)CC1CC1)C2O5. The van der Waals surface area contributed by atoms with E-state index in [4.69, 9.17) is 18.9 Å². The molecule has 2 saturated heterocycles. The number of methoxy groups -OCH3 is 2.